The van der Waals surface area contributed by atoms with E-state index in [-0.39, 0.29) is 0 Å². The van der Waals surface area contributed by atoms with Gasteiger partial charge in [0.1, 0.15) is 0 Å². The van der Waals surface area contributed by atoms with Crippen molar-refractivity contribution >= 4 is 0 Å². The average Bonchev–Trinajstić information content (AvgIpc) is 2.29. The van der Waals surface area contributed by atoms with Crippen LogP contribution in [-0.2, 0) is 0 Å². The number of likely N-dealkylation sites (tertiary alicyclic amines) is 1. The summed E-state index contributed by atoms with van der Waals surface area (Å²) < 4.78 is 0. The van der Waals surface area contributed by atoms with Crippen LogP contribution in [0.1, 0.15) is 58.8 Å². The fraction of sp³-hybridized carbons (Fsp3) is 0.923. The zero-order valence-electron chi connectivity index (χ0n) is 10.2. The molecule has 0 amide bonds. The SMILES string of the molecule is CCC1CCCC(CC)N1CCCC#N. The smallest absolute Gasteiger partial charge is 0.0622 e. The second-order valence-corrected chi connectivity index (χ2v) is 4.55. The molecule has 2 atom stereocenters. The summed E-state index contributed by atoms with van der Waals surface area (Å²) in [6.07, 6.45) is 8.41. The lowest BCUT2D eigenvalue weighted by Gasteiger charge is -2.41. The minimum absolute atomic E-state index is 0.712. The van der Waals surface area contributed by atoms with E-state index in [1.54, 1.807) is 0 Å². The minimum Gasteiger partial charge on any atom is -0.297 e. The molecule has 0 aliphatic carbocycles. The molecule has 0 radical (unpaired) electrons. The molecule has 15 heavy (non-hydrogen) atoms. The maximum absolute atomic E-state index is 8.57. The van der Waals surface area contributed by atoms with Gasteiger partial charge < -0.3 is 0 Å². The van der Waals surface area contributed by atoms with Crippen molar-refractivity contribution in [3.05, 3.63) is 0 Å². The summed E-state index contributed by atoms with van der Waals surface area (Å²) in [7, 11) is 0. The molecule has 0 aromatic heterocycles. The van der Waals surface area contributed by atoms with Crippen molar-refractivity contribution in [2.45, 2.75) is 70.9 Å². The first-order chi connectivity index (χ1) is 7.33. The van der Waals surface area contributed by atoms with Gasteiger partial charge in [-0.05, 0) is 38.6 Å². The fourth-order valence-corrected chi connectivity index (χ4v) is 2.80. The van der Waals surface area contributed by atoms with Gasteiger partial charge in [-0.25, -0.2) is 0 Å². The zero-order valence-corrected chi connectivity index (χ0v) is 10.2. The number of rotatable bonds is 5. The Kier molecular flexibility index (Phi) is 5.71. The summed E-state index contributed by atoms with van der Waals surface area (Å²) in [5.74, 6) is 0. The summed E-state index contributed by atoms with van der Waals surface area (Å²) in [4.78, 5) is 2.67. The lowest BCUT2D eigenvalue weighted by Crippen LogP contribution is -2.46. The van der Waals surface area contributed by atoms with Gasteiger partial charge in [0.25, 0.3) is 0 Å². The van der Waals surface area contributed by atoms with E-state index in [9.17, 15) is 0 Å². The Morgan fingerprint density at radius 2 is 1.80 bits per heavy atom. The van der Waals surface area contributed by atoms with E-state index in [1.165, 1.54) is 32.1 Å². The summed E-state index contributed by atoms with van der Waals surface area (Å²) in [5.41, 5.74) is 0. The maximum atomic E-state index is 8.57. The molecule has 1 aliphatic rings. The van der Waals surface area contributed by atoms with E-state index in [0.29, 0.717) is 6.42 Å². The zero-order chi connectivity index (χ0) is 11.1. The Labute approximate surface area is 94.3 Å². The van der Waals surface area contributed by atoms with E-state index in [2.05, 4.69) is 24.8 Å². The monoisotopic (exact) mass is 208 g/mol. The molecule has 0 spiro atoms. The predicted molar refractivity (Wildman–Crippen MR) is 63.6 cm³/mol. The molecular formula is C13H24N2. The van der Waals surface area contributed by atoms with Gasteiger partial charge in [0, 0.05) is 18.5 Å². The van der Waals surface area contributed by atoms with E-state index in [1.807, 2.05) is 0 Å². The molecule has 0 aromatic carbocycles. The van der Waals surface area contributed by atoms with Gasteiger partial charge in [0.05, 0.1) is 6.07 Å². The number of nitriles is 1. The number of hydrogen-bond acceptors (Lipinski definition) is 2. The largest absolute Gasteiger partial charge is 0.297 e. The highest BCUT2D eigenvalue weighted by Gasteiger charge is 2.27. The maximum Gasteiger partial charge on any atom is 0.0622 e. The van der Waals surface area contributed by atoms with E-state index in [0.717, 1.165) is 25.0 Å². The third-order valence-electron chi connectivity index (χ3n) is 3.66. The van der Waals surface area contributed by atoms with Crippen LogP contribution in [0, 0.1) is 11.3 Å². The van der Waals surface area contributed by atoms with Gasteiger partial charge in [-0.15, -0.1) is 0 Å². The second kappa shape index (κ2) is 6.85. The van der Waals surface area contributed by atoms with Crippen LogP contribution in [-0.4, -0.2) is 23.5 Å². The first kappa shape index (κ1) is 12.5. The molecule has 1 fully saturated rings. The summed E-state index contributed by atoms with van der Waals surface area (Å²) in [6.45, 7) is 5.71. The predicted octanol–water partition coefficient (Wildman–Crippen LogP) is 3.33. The number of nitrogens with zero attached hydrogens (tertiary/aromatic N) is 2. The number of piperidine rings is 1. The third kappa shape index (κ3) is 3.50. The van der Waals surface area contributed by atoms with Crippen LogP contribution < -0.4 is 0 Å². The van der Waals surface area contributed by atoms with E-state index in [4.69, 9.17) is 5.26 Å². The minimum atomic E-state index is 0.712. The molecule has 0 bridgehead atoms. The van der Waals surface area contributed by atoms with Crippen molar-refractivity contribution in [1.82, 2.24) is 4.90 Å². The summed E-state index contributed by atoms with van der Waals surface area (Å²) in [6, 6.07) is 3.81. The molecular weight excluding hydrogens is 184 g/mol. The highest BCUT2D eigenvalue weighted by molar-refractivity contribution is 4.84. The van der Waals surface area contributed by atoms with Crippen LogP contribution in [0.15, 0.2) is 0 Å². The van der Waals surface area contributed by atoms with Crippen molar-refractivity contribution in [2.75, 3.05) is 6.54 Å². The Bertz CT molecular complexity index is 195. The van der Waals surface area contributed by atoms with Crippen molar-refractivity contribution in [3.8, 4) is 6.07 Å². The van der Waals surface area contributed by atoms with E-state index >= 15 is 0 Å². The van der Waals surface area contributed by atoms with Crippen LogP contribution in [0.4, 0.5) is 0 Å². The van der Waals surface area contributed by atoms with Crippen molar-refractivity contribution in [1.29, 1.82) is 5.26 Å². The fourth-order valence-electron chi connectivity index (χ4n) is 2.80. The van der Waals surface area contributed by atoms with Gasteiger partial charge in [-0.2, -0.15) is 5.26 Å². The van der Waals surface area contributed by atoms with Crippen molar-refractivity contribution in [2.24, 2.45) is 0 Å². The van der Waals surface area contributed by atoms with Crippen LogP contribution in [0.25, 0.3) is 0 Å². The standard InChI is InChI=1S/C13H24N2/c1-3-12-8-7-9-13(4-2)15(12)11-6-5-10-14/h12-13H,3-9,11H2,1-2H3. The molecule has 0 aromatic rings. The van der Waals surface area contributed by atoms with Crippen molar-refractivity contribution < 1.29 is 0 Å². The van der Waals surface area contributed by atoms with Crippen LogP contribution in [0.2, 0.25) is 0 Å². The topological polar surface area (TPSA) is 27.0 Å². The summed E-state index contributed by atoms with van der Waals surface area (Å²) >= 11 is 0. The lowest BCUT2D eigenvalue weighted by atomic mass is 9.92. The lowest BCUT2D eigenvalue weighted by molar-refractivity contribution is 0.0768. The number of unbranched alkanes of at least 4 members (excludes halogenated alkanes) is 1. The van der Waals surface area contributed by atoms with Crippen LogP contribution in [0.5, 0.6) is 0 Å². The van der Waals surface area contributed by atoms with Gasteiger partial charge in [-0.1, -0.05) is 20.3 Å². The first-order valence-electron chi connectivity index (χ1n) is 6.46. The molecule has 0 N–H and O–H groups in total. The molecule has 86 valence electrons. The van der Waals surface area contributed by atoms with Crippen molar-refractivity contribution in [3.63, 3.8) is 0 Å². The molecule has 2 nitrogen and oxygen atoms in total. The van der Waals surface area contributed by atoms with E-state index < -0.39 is 0 Å². The normalized spacial score (nSPS) is 27.5. The van der Waals surface area contributed by atoms with Crippen LogP contribution >= 0.6 is 0 Å². The van der Waals surface area contributed by atoms with Gasteiger partial charge in [-0.3, -0.25) is 4.90 Å². The Morgan fingerprint density at radius 1 is 1.20 bits per heavy atom. The molecule has 1 rings (SSSR count). The Balaban J connectivity index is 2.47. The third-order valence-corrected chi connectivity index (χ3v) is 3.66. The van der Waals surface area contributed by atoms with Gasteiger partial charge in [0.2, 0.25) is 0 Å². The van der Waals surface area contributed by atoms with Crippen LogP contribution in [0.3, 0.4) is 0 Å². The summed E-state index contributed by atoms with van der Waals surface area (Å²) in [5, 5.41) is 8.57. The highest BCUT2D eigenvalue weighted by Crippen LogP contribution is 2.26. The second-order valence-electron chi connectivity index (χ2n) is 4.55. The Morgan fingerprint density at radius 3 is 2.27 bits per heavy atom. The van der Waals surface area contributed by atoms with Gasteiger partial charge >= 0.3 is 0 Å². The molecule has 0 saturated carbocycles. The Hall–Kier alpha value is -0.550. The molecule has 1 heterocycles. The number of hydrogen-bond donors (Lipinski definition) is 0. The quantitative estimate of drug-likeness (QED) is 0.648. The first-order valence-corrected chi connectivity index (χ1v) is 6.46. The highest BCUT2D eigenvalue weighted by atomic mass is 15.2. The molecule has 1 saturated heterocycles. The van der Waals surface area contributed by atoms with Gasteiger partial charge in [0.15, 0.2) is 0 Å². The molecule has 2 unspecified atom stereocenters. The molecule has 2 heteroatoms. The average molecular weight is 208 g/mol. The molecule has 1 aliphatic heterocycles.